The molecule has 8 N–H and O–H groups in total. The van der Waals surface area contributed by atoms with Crippen molar-refractivity contribution >= 4 is 23.8 Å². The Hall–Kier alpha value is -3.88. The fraction of sp³-hybridized carbons (Fsp3) is 0.429. The normalized spacial score (nSPS) is 21.7. The van der Waals surface area contributed by atoms with E-state index >= 15 is 0 Å². The molecule has 1 aliphatic rings. The summed E-state index contributed by atoms with van der Waals surface area (Å²) in [6, 6.07) is 5.82. The van der Waals surface area contributed by atoms with E-state index in [1.54, 1.807) is 24.3 Å². The Balaban J connectivity index is 1.86. The van der Waals surface area contributed by atoms with Crippen LogP contribution in [0.4, 0.5) is 4.79 Å². The van der Waals surface area contributed by atoms with E-state index in [2.05, 4.69) is 42.4 Å². The molecule has 14 heteroatoms. The number of hydrogen-bond donors (Lipinski definition) is 7. The average Bonchev–Trinajstić information content (AvgIpc) is 3.35. The fourth-order valence-electron chi connectivity index (χ4n) is 3.44. The van der Waals surface area contributed by atoms with Crippen LogP contribution in [0.2, 0.25) is 0 Å². The van der Waals surface area contributed by atoms with E-state index < -0.39 is 41.9 Å². The molecule has 0 saturated carbocycles. The lowest BCUT2D eigenvalue weighted by Gasteiger charge is -2.21. The van der Waals surface area contributed by atoms with E-state index in [4.69, 9.17) is 5.73 Å². The molecule has 0 spiro atoms. The zero-order valence-corrected chi connectivity index (χ0v) is 19.3. The molecule has 35 heavy (non-hydrogen) atoms. The van der Waals surface area contributed by atoms with Crippen molar-refractivity contribution in [2.75, 3.05) is 19.8 Å². The lowest BCUT2D eigenvalue weighted by molar-refractivity contribution is -0.130. The lowest BCUT2D eigenvalue weighted by Crippen LogP contribution is -2.52. The van der Waals surface area contributed by atoms with Crippen LogP contribution in [0.1, 0.15) is 37.1 Å². The lowest BCUT2D eigenvalue weighted by atomic mass is 10.0. The number of carbonyl (C=O) groups excluding carboxylic acids is 4. The number of nitrogens with zero attached hydrogens (tertiary/aromatic N) is 3. The molecule has 1 aromatic heterocycles. The molecule has 0 saturated heterocycles. The monoisotopic (exact) mass is 486 g/mol. The van der Waals surface area contributed by atoms with Crippen LogP contribution in [0.15, 0.2) is 36.5 Å². The van der Waals surface area contributed by atoms with E-state index in [0.29, 0.717) is 24.2 Å². The largest absolute Gasteiger partial charge is 0.345 e. The van der Waals surface area contributed by atoms with Crippen LogP contribution in [0.3, 0.4) is 0 Å². The summed E-state index contributed by atoms with van der Waals surface area (Å²) in [7, 11) is 0. The van der Waals surface area contributed by atoms with Crippen LogP contribution in [0.5, 0.6) is 0 Å². The van der Waals surface area contributed by atoms with Crippen LogP contribution < -0.4 is 37.9 Å². The van der Waals surface area contributed by atoms with Crippen LogP contribution in [-0.4, -0.2) is 70.6 Å². The molecule has 1 unspecified atom stereocenters. The van der Waals surface area contributed by atoms with Crippen LogP contribution >= 0.6 is 0 Å². The third-order valence-corrected chi connectivity index (χ3v) is 5.26. The predicted octanol–water partition coefficient (Wildman–Crippen LogP) is -2.16. The second kappa shape index (κ2) is 12.5. The summed E-state index contributed by atoms with van der Waals surface area (Å²) in [4.78, 5) is 50.7. The zero-order valence-electron chi connectivity index (χ0n) is 19.3. The van der Waals surface area contributed by atoms with Crippen LogP contribution in [0, 0.1) is 0 Å². The summed E-state index contributed by atoms with van der Waals surface area (Å²) in [5, 5.41) is 18.5. The SMILES string of the molecule is C[C@@H]1NC(=O)CNC(=O)[C@H](CCCNNCN)NC(=O)n2cc(nn2)C(c2ccccc2)NC1=O. The molecule has 1 aliphatic heterocycles. The molecule has 2 heterocycles. The topological polar surface area (TPSA) is 197 Å². The molecule has 2 bridgehead atoms. The number of hydrazine groups is 1. The number of nitrogens with two attached hydrogens (primary N) is 1. The van der Waals surface area contributed by atoms with Crippen LogP contribution in [0.25, 0.3) is 0 Å². The van der Waals surface area contributed by atoms with Gasteiger partial charge in [0.2, 0.25) is 17.7 Å². The van der Waals surface area contributed by atoms with E-state index in [1.165, 1.54) is 13.1 Å². The Morgan fingerprint density at radius 1 is 1.06 bits per heavy atom. The third kappa shape index (κ3) is 7.30. The van der Waals surface area contributed by atoms with E-state index in [1.807, 2.05) is 6.07 Å². The Morgan fingerprint density at radius 3 is 2.57 bits per heavy atom. The number of nitrogens with one attached hydrogen (secondary N) is 6. The summed E-state index contributed by atoms with van der Waals surface area (Å²) in [5.41, 5.74) is 12.0. The maximum absolute atomic E-state index is 12.9. The summed E-state index contributed by atoms with van der Waals surface area (Å²) in [6.07, 6.45) is 2.19. The van der Waals surface area contributed by atoms with Crippen molar-refractivity contribution in [2.24, 2.45) is 5.73 Å². The van der Waals surface area contributed by atoms with E-state index in [0.717, 1.165) is 4.68 Å². The third-order valence-electron chi connectivity index (χ3n) is 5.26. The predicted molar refractivity (Wildman–Crippen MR) is 124 cm³/mol. The van der Waals surface area contributed by atoms with Crippen molar-refractivity contribution in [3.8, 4) is 0 Å². The molecule has 0 radical (unpaired) electrons. The fourth-order valence-corrected chi connectivity index (χ4v) is 3.44. The van der Waals surface area contributed by atoms with E-state index in [-0.39, 0.29) is 19.6 Å². The second-order valence-corrected chi connectivity index (χ2v) is 7.90. The number of amides is 4. The smallest absolute Gasteiger partial charge is 0.344 e. The molecule has 3 rings (SSSR count). The first-order valence-corrected chi connectivity index (χ1v) is 11.2. The highest BCUT2D eigenvalue weighted by atomic mass is 16.2. The second-order valence-electron chi connectivity index (χ2n) is 7.90. The first-order valence-electron chi connectivity index (χ1n) is 11.2. The molecule has 2 aromatic rings. The summed E-state index contributed by atoms with van der Waals surface area (Å²) in [5.74, 6) is -1.56. The first kappa shape index (κ1) is 25.7. The summed E-state index contributed by atoms with van der Waals surface area (Å²) in [6.45, 7) is 1.91. The molecule has 14 nitrogen and oxygen atoms in total. The average molecular weight is 487 g/mol. The van der Waals surface area contributed by atoms with Gasteiger partial charge >= 0.3 is 6.03 Å². The Kier molecular flexibility index (Phi) is 9.23. The summed E-state index contributed by atoms with van der Waals surface area (Å²) < 4.78 is 0.971. The van der Waals surface area contributed by atoms with Gasteiger partial charge in [-0.05, 0) is 25.3 Å². The molecule has 1 aromatic carbocycles. The van der Waals surface area contributed by atoms with Gasteiger partial charge in [0.1, 0.15) is 23.8 Å². The van der Waals surface area contributed by atoms with Crippen LogP contribution in [-0.2, 0) is 14.4 Å². The van der Waals surface area contributed by atoms with Gasteiger partial charge in [0.05, 0.1) is 19.4 Å². The van der Waals surface area contributed by atoms with Gasteiger partial charge in [0.25, 0.3) is 0 Å². The number of benzene rings is 1. The Morgan fingerprint density at radius 2 is 1.83 bits per heavy atom. The van der Waals surface area contributed by atoms with Gasteiger partial charge in [0, 0.05) is 6.54 Å². The van der Waals surface area contributed by atoms with Gasteiger partial charge in [-0.2, -0.15) is 4.68 Å². The van der Waals surface area contributed by atoms with Crippen molar-refractivity contribution < 1.29 is 19.2 Å². The highest BCUT2D eigenvalue weighted by Gasteiger charge is 2.27. The van der Waals surface area contributed by atoms with Gasteiger partial charge in [-0.25, -0.2) is 10.2 Å². The van der Waals surface area contributed by atoms with Gasteiger partial charge in [-0.3, -0.25) is 19.8 Å². The van der Waals surface area contributed by atoms with E-state index in [9.17, 15) is 19.2 Å². The number of hydrogen-bond acceptors (Lipinski definition) is 9. The van der Waals surface area contributed by atoms with Crippen molar-refractivity contribution in [1.82, 2.24) is 47.1 Å². The Bertz CT molecular complexity index is 1030. The van der Waals surface area contributed by atoms with Crippen molar-refractivity contribution in [3.05, 3.63) is 47.8 Å². The number of fused-ring (bicyclic) bond motifs is 2. The Labute approximate surface area is 201 Å². The molecule has 3 atom stereocenters. The number of aromatic nitrogens is 3. The summed E-state index contributed by atoms with van der Waals surface area (Å²) >= 11 is 0. The molecule has 188 valence electrons. The zero-order chi connectivity index (χ0) is 25.2. The minimum Gasteiger partial charge on any atom is -0.345 e. The van der Waals surface area contributed by atoms with Gasteiger partial charge < -0.3 is 27.0 Å². The highest BCUT2D eigenvalue weighted by Crippen LogP contribution is 2.20. The number of rotatable bonds is 7. The molecular formula is C21H30N10O4. The maximum Gasteiger partial charge on any atom is 0.344 e. The standard InChI is InChI=1S/C21H30N10O4/c1-13-19(33)28-18(14-6-3-2-4-7-14)16-11-31(30-29-16)21(35)27-15(8-5-9-24-25-12-22)20(34)23-10-17(32)26-13/h2-4,6-7,11,13,15,18,24-25H,5,8-10,12,22H2,1H3,(H,23,34)(H,26,32)(H,27,35)(H,28,33)/t13-,15-,18?/m0/s1. The quantitative estimate of drug-likeness (QED) is 0.129. The van der Waals surface area contributed by atoms with Gasteiger partial charge in [-0.1, -0.05) is 35.5 Å². The first-order chi connectivity index (χ1) is 16.9. The molecule has 4 amide bonds. The number of carbonyl (C=O) groups is 4. The minimum absolute atomic E-state index is 0.240. The highest BCUT2D eigenvalue weighted by molar-refractivity contribution is 5.92. The minimum atomic E-state index is -0.935. The molecule has 0 fully saturated rings. The van der Waals surface area contributed by atoms with Gasteiger partial charge in [-0.15, -0.1) is 5.10 Å². The van der Waals surface area contributed by atoms with Crippen molar-refractivity contribution in [2.45, 2.75) is 37.9 Å². The van der Waals surface area contributed by atoms with Gasteiger partial charge in [0.15, 0.2) is 0 Å². The van der Waals surface area contributed by atoms with Crippen molar-refractivity contribution in [1.29, 1.82) is 0 Å². The maximum atomic E-state index is 12.9. The molecular weight excluding hydrogens is 456 g/mol. The molecule has 0 aliphatic carbocycles. The van der Waals surface area contributed by atoms with Crippen molar-refractivity contribution in [3.63, 3.8) is 0 Å².